The lowest BCUT2D eigenvalue weighted by Crippen LogP contribution is -2.22. The molecular weight excluding hydrogens is 324 g/mol. The molecule has 0 fully saturated rings. The minimum atomic E-state index is -3.23. The van der Waals surface area contributed by atoms with Gasteiger partial charge in [0, 0.05) is 20.9 Å². The van der Waals surface area contributed by atoms with Crippen molar-refractivity contribution in [1.29, 1.82) is 0 Å². The predicted molar refractivity (Wildman–Crippen MR) is 86.2 cm³/mol. The van der Waals surface area contributed by atoms with E-state index in [2.05, 4.69) is 29.5 Å². The van der Waals surface area contributed by atoms with Crippen molar-refractivity contribution in [3.63, 3.8) is 0 Å². The Balaban J connectivity index is 2.82. The summed E-state index contributed by atoms with van der Waals surface area (Å²) in [5.41, 5.74) is 0.492. The highest BCUT2D eigenvalue weighted by molar-refractivity contribution is 7.89. The fourth-order valence-electron chi connectivity index (χ4n) is 1.69. The van der Waals surface area contributed by atoms with Gasteiger partial charge < -0.3 is 9.47 Å². The van der Waals surface area contributed by atoms with Crippen molar-refractivity contribution in [3.8, 4) is 0 Å². The number of nitrogens with zero attached hydrogens (tertiary/aromatic N) is 2. The summed E-state index contributed by atoms with van der Waals surface area (Å²) in [7, 11) is -3.17. The third-order valence-electron chi connectivity index (χ3n) is 2.88. The molecule has 0 unspecified atom stereocenters. The molecule has 1 heterocycles. The highest BCUT2D eigenvalue weighted by Crippen LogP contribution is 2.11. The van der Waals surface area contributed by atoms with Crippen LogP contribution in [0.2, 0.25) is 25.7 Å². The van der Waals surface area contributed by atoms with Crippen LogP contribution in [0.15, 0.2) is 6.07 Å². The summed E-state index contributed by atoms with van der Waals surface area (Å²) >= 11 is 0. The maximum absolute atomic E-state index is 11.5. The molecule has 0 aliphatic rings. The average molecular weight is 348 g/mol. The van der Waals surface area contributed by atoms with E-state index < -0.39 is 23.9 Å². The van der Waals surface area contributed by atoms with E-state index in [9.17, 15) is 13.2 Å². The van der Waals surface area contributed by atoms with Crippen LogP contribution in [0.1, 0.15) is 16.2 Å². The highest BCUT2D eigenvalue weighted by atomic mass is 32.2. The Bertz CT molecular complexity index is 619. The maximum Gasteiger partial charge on any atom is 0.358 e. The summed E-state index contributed by atoms with van der Waals surface area (Å²) in [6.07, 6.45) is 1.13. The molecule has 126 valence electrons. The third kappa shape index (κ3) is 6.71. The zero-order valence-corrected chi connectivity index (χ0v) is 15.6. The van der Waals surface area contributed by atoms with Crippen LogP contribution in [0.4, 0.5) is 0 Å². The number of rotatable bonds is 8. The minimum Gasteiger partial charge on any atom is -0.464 e. The van der Waals surface area contributed by atoms with E-state index in [-0.39, 0.29) is 18.2 Å². The summed E-state index contributed by atoms with van der Waals surface area (Å²) in [6, 6.07) is 2.42. The molecule has 0 aromatic carbocycles. The molecule has 0 saturated carbocycles. The molecule has 0 saturated heterocycles. The van der Waals surface area contributed by atoms with Gasteiger partial charge >= 0.3 is 5.97 Å². The van der Waals surface area contributed by atoms with Crippen LogP contribution in [-0.2, 0) is 31.8 Å². The summed E-state index contributed by atoms with van der Waals surface area (Å²) in [5, 5.41) is 4.06. The van der Waals surface area contributed by atoms with E-state index in [0.717, 1.165) is 12.3 Å². The molecule has 1 aromatic heterocycles. The molecule has 0 aliphatic heterocycles. The van der Waals surface area contributed by atoms with Gasteiger partial charge in [-0.25, -0.2) is 17.9 Å². The van der Waals surface area contributed by atoms with Crippen LogP contribution >= 0.6 is 0 Å². The van der Waals surface area contributed by atoms with Gasteiger partial charge in [-0.15, -0.1) is 0 Å². The van der Waals surface area contributed by atoms with Gasteiger partial charge in [-0.2, -0.15) is 5.10 Å². The Hall–Kier alpha value is -1.19. The fourth-order valence-corrected chi connectivity index (χ4v) is 3.21. The second kappa shape index (κ2) is 7.38. The highest BCUT2D eigenvalue weighted by Gasteiger charge is 2.18. The zero-order valence-electron chi connectivity index (χ0n) is 13.7. The molecule has 1 rings (SSSR count). The molecule has 0 amide bonds. The van der Waals surface area contributed by atoms with E-state index in [0.29, 0.717) is 12.3 Å². The SMILES string of the molecule is COC(=O)c1cc(CS(C)(=O)=O)n(COCC[Si](C)(C)C)n1. The van der Waals surface area contributed by atoms with E-state index in [1.165, 1.54) is 17.9 Å². The van der Waals surface area contributed by atoms with Crippen LogP contribution in [-0.4, -0.2) is 52.2 Å². The first-order chi connectivity index (χ1) is 10.0. The lowest BCUT2D eigenvalue weighted by Gasteiger charge is -2.15. The van der Waals surface area contributed by atoms with Gasteiger partial charge in [0.15, 0.2) is 15.5 Å². The number of carbonyl (C=O) groups is 1. The van der Waals surface area contributed by atoms with Crippen molar-refractivity contribution in [1.82, 2.24) is 9.78 Å². The van der Waals surface area contributed by atoms with E-state index in [1.54, 1.807) is 0 Å². The minimum absolute atomic E-state index is 0.0787. The second-order valence-corrected chi connectivity index (χ2v) is 14.2. The number of esters is 1. The molecule has 0 aliphatic carbocycles. The summed E-state index contributed by atoms with van der Waals surface area (Å²) in [4.78, 5) is 11.5. The molecular formula is C13H24N2O5SSi. The second-order valence-electron chi connectivity index (χ2n) is 6.43. The zero-order chi connectivity index (χ0) is 17.0. The number of hydrogen-bond acceptors (Lipinski definition) is 6. The number of methoxy groups -OCH3 is 1. The number of carbonyl (C=O) groups excluding carboxylic acids is 1. The van der Waals surface area contributed by atoms with Gasteiger partial charge in [0.1, 0.15) is 6.73 Å². The molecule has 7 nitrogen and oxygen atoms in total. The van der Waals surface area contributed by atoms with Crippen LogP contribution in [0.3, 0.4) is 0 Å². The first kappa shape index (κ1) is 18.9. The van der Waals surface area contributed by atoms with E-state index in [1.807, 2.05) is 0 Å². The van der Waals surface area contributed by atoms with Gasteiger partial charge in [-0.1, -0.05) is 19.6 Å². The molecule has 0 bridgehead atoms. The number of aromatic nitrogens is 2. The summed E-state index contributed by atoms with van der Waals surface area (Å²) < 4.78 is 34.5. The Morgan fingerprint density at radius 2 is 2.00 bits per heavy atom. The third-order valence-corrected chi connectivity index (χ3v) is 5.40. The largest absolute Gasteiger partial charge is 0.464 e. The topological polar surface area (TPSA) is 87.5 Å². The lowest BCUT2D eigenvalue weighted by molar-refractivity contribution is 0.0582. The Morgan fingerprint density at radius 1 is 1.36 bits per heavy atom. The van der Waals surface area contributed by atoms with E-state index in [4.69, 9.17) is 4.74 Å². The van der Waals surface area contributed by atoms with Gasteiger partial charge in [-0.3, -0.25) is 0 Å². The van der Waals surface area contributed by atoms with Crippen LogP contribution in [0.5, 0.6) is 0 Å². The molecule has 0 atom stereocenters. The summed E-state index contributed by atoms with van der Waals surface area (Å²) in [6.45, 7) is 7.44. The number of sulfone groups is 1. The van der Waals surface area contributed by atoms with Crippen molar-refractivity contribution in [3.05, 3.63) is 17.5 Å². The number of ether oxygens (including phenoxy) is 2. The Kier molecular flexibility index (Phi) is 6.33. The molecule has 1 aromatic rings. The van der Waals surface area contributed by atoms with Crippen molar-refractivity contribution >= 4 is 23.9 Å². The first-order valence-electron chi connectivity index (χ1n) is 6.92. The van der Waals surface area contributed by atoms with Crippen molar-refractivity contribution in [2.45, 2.75) is 38.2 Å². The summed E-state index contributed by atoms with van der Waals surface area (Å²) in [5.74, 6) is -0.801. The first-order valence-corrected chi connectivity index (χ1v) is 12.7. The van der Waals surface area contributed by atoms with Crippen LogP contribution in [0.25, 0.3) is 0 Å². The van der Waals surface area contributed by atoms with E-state index >= 15 is 0 Å². The Labute approximate surface area is 132 Å². The van der Waals surface area contributed by atoms with Gasteiger partial charge in [0.25, 0.3) is 0 Å². The van der Waals surface area contributed by atoms with Crippen molar-refractivity contribution in [2.24, 2.45) is 0 Å². The quantitative estimate of drug-likeness (QED) is 0.402. The lowest BCUT2D eigenvalue weighted by atomic mass is 10.4. The standard InChI is InChI=1S/C13H24N2O5SSi/c1-19-13(16)12-8-11(9-21(2,17)18)15(14-12)10-20-6-7-22(3,4)5/h8H,6-7,9-10H2,1-5H3. The molecule has 0 spiro atoms. The smallest absolute Gasteiger partial charge is 0.358 e. The molecule has 9 heteroatoms. The fraction of sp³-hybridized carbons (Fsp3) is 0.692. The van der Waals surface area contributed by atoms with Crippen LogP contribution < -0.4 is 0 Å². The molecule has 22 heavy (non-hydrogen) atoms. The molecule has 0 N–H and O–H groups in total. The van der Waals surface area contributed by atoms with Crippen LogP contribution in [0, 0.1) is 0 Å². The van der Waals surface area contributed by atoms with Gasteiger partial charge in [-0.05, 0) is 12.1 Å². The predicted octanol–water partition coefficient (Wildman–Crippen LogP) is 1.53. The van der Waals surface area contributed by atoms with Gasteiger partial charge in [0.05, 0.1) is 18.6 Å². The van der Waals surface area contributed by atoms with Crippen molar-refractivity contribution < 1.29 is 22.7 Å². The van der Waals surface area contributed by atoms with Gasteiger partial charge in [0.2, 0.25) is 0 Å². The maximum atomic E-state index is 11.5. The molecule has 0 radical (unpaired) electrons. The number of hydrogen-bond donors (Lipinski definition) is 0. The normalized spacial score (nSPS) is 12.4. The average Bonchev–Trinajstić information content (AvgIpc) is 2.73. The monoisotopic (exact) mass is 348 g/mol. The Morgan fingerprint density at radius 3 is 2.50 bits per heavy atom. The van der Waals surface area contributed by atoms with Crippen molar-refractivity contribution in [2.75, 3.05) is 20.0 Å².